The number of benzene rings is 1. The zero-order valence-electron chi connectivity index (χ0n) is 14.4. The number of halogens is 1. The summed E-state index contributed by atoms with van der Waals surface area (Å²) in [7, 11) is 1.67. The van der Waals surface area contributed by atoms with Crippen molar-refractivity contribution in [3.8, 4) is 16.3 Å². The fourth-order valence-electron chi connectivity index (χ4n) is 2.91. The van der Waals surface area contributed by atoms with E-state index in [-0.39, 0.29) is 24.0 Å². The molecule has 0 bridgehead atoms. The van der Waals surface area contributed by atoms with Crippen molar-refractivity contribution in [2.75, 3.05) is 7.11 Å². The van der Waals surface area contributed by atoms with Crippen LogP contribution in [0.2, 0.25) is 0 Å². The average Bonchev–Trinajstić information content (AvgIpc) is 3.10. The molecule has 1 heterocycles. The molecule has 5 nitrogen and oxygen atoms in total. The number of nitrogens with zero attached hydrogens (tertiary/aromatic N) is 2. The van der Waals surface area contributed by atoms with Gasteiger partial charge in [-0.3, -0.25) is 0 Å². The third kappa shape index (κ3) is 5.85. The number of aromatic nitrogens is 1. The molecule has 1 saturated carbocycles. The van der Waals surface area contributed by atoms with Gasteiger partial charge in [0.1, 0.15) is 10.8 Å². The fraction of sp³-hybridized carbons (Fsp3) is 0.444. The van der Waals surface area contributed by atoms with Crippen LogP contribution in [-0.4, -0.2) is 24.1 Å². The van der Waals surface area contributed by atoms with E-state index in [0.717, 1.165) is 22.0 Å². The van der Waals surface area contributed by atoms with Crippen LogP contribution in [0, 0.1) is 0 Å². The number of thiazole rings is 1. The molecule has 1 fully saturated rings. The molecule has 0 saturated heterocycles. The Morgan fingerprint density at radius 2 is 2.00 bits per heavy atom. The monoisotopic (exact) mass is 472 g/mol. The van der Waals surface area contributed by atoms with Crippen molar-refractivity contribution in [3.05, 3.63) is 35.3 Å². The van der Waals surface area contributed by atoms with Gasteiger partial charge in [0.15, 0.2) is 5.96 Å². The van der Waals surface area contributed by atoms with Crippen molar-refractivity contribution in [1.29, 1.82) is 0 Å². The van der Waals surface area contributed by atoms with Crippen LogP contribution < -0.4 is 15.8 Å². The van der Waals surface area contributed by atoms with Crippen molar-refractivity contribution in [1.82, 2.24) is 10.3 Å². The Balaban J connectivity index is 0.00000225. The van der Waals surface area contributed by atoms with E-state index >= 15 is 0 Å². The molecule has 7 heteroatoms. The third-order valence-electron chi connectivity index (χ3n) is 4.26. The second-order valence-corrected chi connectivity index (χ2v) is 6.91. The lowest BCUT2D eigenvalue weighted by Gasteiger charge is -2.23. The first-order chi connectivity index (χ1) is 11.7. The van der Waals surface area contributed by atoms with Gasteiger partial charge in [0.2, 0.25) is 0 Å². The van der Waals surface area contributed by atoms with E-state index in [0.29, 0.717) is 18.5 Å². The van der Waals surface area contributed by atoms with E-state index in [1.807, 2.05) is 29.6 Å². The summed E-state index contributed by atoms with van der Waals surface area (Å²) in [6.45, 7) is 0.512. The van der Waals surface area contributed by atoms with E-state index in [9.17, 15) is 0 Å². The second-order valence-electron chi connectivity index (χ2n) is 6.05. The standard InChI is InChI=1S/C18H24N4OS.HI/c1-23-16-9-7-13(8-10-16)17-21-15(12-24-17)11-20-18(19)22-14-5-3-2-4-6-14;/h7-10,12,14H,2-6,11H2,1H3,(H3,19,20,22);1H. The molecule has 1 aliphatic rings. The molecule has 1 aromatic carbocycles. The van der Waals surface area contributed by atoms with Crippen LogP contribution in [0.15, 0.2) is 34.6 Å². The molecule has 1 aliphatic carbocycles. The summed E-state index contributed by atoms with van der Waals surface area (Å²) < 4.78 is 5.18. The van der Waals surface area contributed by atoms with E-state index in [2.05, 4.69) is 15.3 Å². The van der Waals surface area contributed by atoms with Crippen molar-refractivity contribution in [2.45, 2.75) is 44.7 Å². The van der Waals surface area contributed by atoms with Gasteiger partial charge >= 0.3 is 0 Å². The molecule has 0 radical (unpaired) electrons. The Kier molecular flexibility index (Phi) is 7.95. The third-order valence-corrected chi connectivity index (χ3v) is 5.20. The fourth-order valence-corrected chi connectivity index (χ4v) is 3.73. The molecule has 0 spiro atoms. The van der Waals surface area contributed by atoms with E-state index in [4.69, 9.17) is 10.5 Å². The summed E-state index contributed by atoms with van der Waals surface area (Å²) in [6, 6.07) is 8.40. The first-order valence-corrected chi connectivity index (χ1v) is 9.28. The van der Waals surface area contributed by atoms with Crippen LogP contribution in [0.3, 0.4) is 0 Å². The topological polar surface area (TPSA) is 72.5 Å². The Morgan fingerprint density at radius 3 is 2.68 bits per heavy atom. The predicted octanol–water partition coefficient (Wildman–Crippen LogP) is 4.17. The molecule has 0 atom stereocenters. The maximum Gasteiger partial charge on any atom is 0.189 e. The van der Waals surface area contributed by atoms with Gasteiger partial charge in [-0.05, 0) is 37.1 Å². The number of rotatable bonds is 5. The maximum absolute atomic E-state index is 6.00. The zero-order valence-corrected chi connectivity index (χ0v) is 17.6. The first-order valence-electron chi connectivity index (χ1n) is 8.40. The SMILES string of the molecule is COc1ccc(-c2nc(CN=C(N)NC3CCCCC3)cs2)cc1.I. The number of hydrogen-bond donors (Lipinski definition) is 2. The lowest BCUT2D eigenvalue weighted by Crippen LogP contribution is -2.41. The highest BCUT2D eigenvalue weighted by Gasteiger charge is 2.13. The van der Waals surface area contributed by atoms with Crippen molar-refractivity contribution >= 4 is 41.3 Å². The van der Waals surface area contributed by atoms with Crippen LogP contribution in [0.4, 0.5) is 0 Å². The zero-order chi connectivity index (χ0) is 16.8. The van der Waals surface area contributed by atoms with Gasteiger partial charge in [-0.2, -0.15) is 0 Å². The number of aliphatic imine (C=N–C) groups is 1. The number of hydrogen-bond acceptors (Lipinski definition) is 4. The number of nitrogens with two attached hydrogens (primary N) is 1. The van der Waals surface area contributed by atoms with Crippen LogP contribution in [0.25, 0.3) is 10.6 Å². The predicted molar refractivity (Wildman–Crippen MR) is 115 cm³/mol. The van der Waals surface area contributed by atoms with Gasteiger partial charge < -0.3 is 15.8 Å². The van der Waals surface area contributed by atoms with E-state index in [1.165, 1.54) is 32.1 Å². The molecule has 0 amide bonds. The number of ether oxygens (including phenoxy) is 1. The Bertz CT molecular complexity index is 681. The smallest absolute Gasteiger partial charge is 0.189 e. The Hall–Kier alpha value is -1.35. The first kappa shape index (κ1) is 20.0. The lowest BCUT2D eigenvalue weighted by molar-refractivity contribution is 0.412. The molecule has 3 rings (SSSR count). The molecule has 136 valence electrons. The Labute approximate surface area is 170 Å². The summed E-state index contributed by atoms with van der Waals surface area (Å²) in [4.78, 5) is 9.07. The van der Waals surface area contributed by atoms with Gasteiger partial charge in [-0.1, -0.05) is 19.3 Å². The van der Waals surface area contributed by atoms with E-state index in [1.54, 1.807) is 18.4 Å². The molecule has 3 N–H and O–H groups in total. The highest BCUT2D eigenvalue weighted by Crippen LogP contribution is 2.26. The Morgan fingerprint density at radius 1 is 1.28 bits per heavy atom. The molecule has 0 unspecified atom stereocenters. The van der Waals surface area contributed by atoms with Crippen LogP contribution in [-0.2, 0) is 6.54 Å². The molecular weight excluding hydrogens is 447 g/mol. The quantitative estimate of drug-likeness (QED) is 0.389. The number of nitrogens with one attached hydrogen (secondary N) is 1. The maximum atomic E-state index is 6.00. The molecule has 1 aromatic heterocycles. The van der Waals surface area contributed by atoms with Gasteiger partial charge in [0.25, 0.3) is 0 Å². The number of guanidine groups is 1. The summed E-state index contributed by atoms with van der Waals surface area (Å²) in [6.07, 6.45) is 6.27. The van der Waals surface area contributed by atoms with Gasteiger partial charge in [0, 0.05) is 17.0 Å². The molecule has 0 aliphatic heterocycles. The minimum Gasteiger partial charge on any atom is -0.497 e. The minimum atomic E-state index is 0. The summed E-state index contributed by atoms with van der Waals surface area (Å²) in [5.41, 5.74) is 8.03. The highest BCUT2D eigenvalue weighted by molar-refractivity contribution is 14.0. The number of methoxy groups -OCH3 is 1. The average molecular weight is 472 g/mol. The second kappa shape index (κ2) is 9.96. The lowest BCUT2D eigenvalue weighted by atomic mass is 9.96. The largest absolute Gasteiger partial charge is 0.497 e. The summed E-state index contributed by atoms with van der Waals surface area (Å²) in [5, 5.41) is 6.36. The van der Waals surface area contributed by atoms with Crippen LogP contribution >= 0.6 is 35.3 Å². The van der Waals surface area contributed by atoms with Gasteiger partial charge in [-0.25, -0.2) is 9.98 Å². The highest BCUT2D eigenvalue weighted by atomic mass is 127. The van der Waals surface area contributed by atoms with Crippen molar-refractivity contribution in [3.63, 3.8) is 0 Å². The molecular formula is C18H25IN4OS. The summed E-state index contributed by atoms with van der Waals surface area (Å²) >= 11 is 1.62. The normalized spacial score (nSPS) is 15.5. The molecule has 25 heavy (non-hydrogen) atoms. The van der Waals surface area contributed by atoms with Crippen LogP contribution in [0.1, 0.15) is 37.8 Å². The van der Waals surface area contributed by atoms with Crippen LogP contribution in [0.5, 0.6) is 5.75 Å². The van der Waals surface area contributed by atoms with Gasteiger partial charge in [0.05, 0.1) is 19.3 Å². The summed E-state index contributed by atoms with van der Waals surface area (Å²) in [5.74, 6) is 1.38. The van der Waals surface area contributed by atoms with E-state index < -0.39 is 0 Å². The van der Waals surface area contributed by atoms with Crippen molar-refractivity contribution in [2.24, 2.45) is 10.7 Å². The molecule has 2 aromatic rings. The van der Waals surface area contributed by atoms with Gasteiger partial charge in [-0.15, -0.1) is 35.3 Å². The van der Waals surface area contributed by atoms with Crippen molar-refractivity contribution < 1.29 is 4.74 Å². The minimum absolute atomic E-state index is 0.